The third kappa shape index (κ3) is 4.11. The van der Waals surface area contributed by atoms with E-state index in [-0.39, 0.29) is 9.62 Å². The molecule has 4 nitrogen and oxygen atoms in total. The Morgan fingerprint density at radius 2 is 2.06 bits per heavy atom. The van der Waals surface area contributed by atoms with E-state index in [0.717, 1.165) is 17.8 Å². The Kier molecular flexibility index (Phi) is 3.98. The molecule has 1 rings (SSSR count). The maximum absolute atomic E-state index is 11.8. The normalized spacial score (nSPS) is 12.9. The average Bonchev–Trinajstić information content (AvgIpc) is 2.49. The molecule has 0 aromatic carbocycles. The fourth-order valence-electron chi connectivity index (χ4n) is 1.10. The van der Waals surface area contributed by atoms with Crippen molar-refractivity contribution >= 4 is 27.0 Å². The SMILES string of the molecule is CC(C)(C)CCNS(=O)(=O)c1cc(N)cs1. The van der Waals surface area contributed by atoms with E-state index in [1.165, 1.54) is 6.07 Å². The van der Waals surface area contributed by atoms with Gasteiger partial charge < -0.3 is 5.73 Å². The van der Waals surface area contributed by atoms with Gasteiger partial charge in [-0.15, -0.1) is 11.3 Å². The number of nitrogen functional groups attached to an aromatic ring is 1. The molecule has 0 saturated carbocycles. The minimum atomic E-state index is -3.37. The van der Waals surface area contributed by atoms with Gasteiger partial charge in [0.05, 0.1) is 0 Å². The predicted molar refractivity (Wildman–Crippen MR) is 68.0 cm³/mol. The number of thiophene rings is 1. The molecule has 0 unspecified atom stereocenters. The van der Waals surface area contributed by atoms with E-state index in [1.807, 2.05) is 0 Å². The second-order valence-electron chi connectivity index (χ2n) is 4.91. The van der Waals surface area contributed by atoms with Gasteiger partial charge in [-0.1, -0.05) is 20.8 Å². The lowest BCUT2D eigenvalue weighted by atomic mass is 9.93. The molecular weight excluding hydrogens is 244 g/mol. The zero-order valence-electron chi connectivity index (χ0n) is 9.78. The summed E-state index contributed by atoms with van der Waals surface area (Å²) in [5.41, 5.74) is 6.10. The molecule has 0 bridgehead atoms. The molecule has 1 heterocycles. The number of anilines is 1. The van der Waals surface area contributed by atoms with Crippen molar-refractivity contribution in [1.29, 1.82) is 0 Å². The van der Waals surface area contributed by atoms with Crippen molar-refractivity contribution in [2.45, 2.75) is 31.4 Å². The summed E-state index contributed by atoms with van der Waals surface area (Å²) in [5, 5.41) is 1.62. The van der Waals surface area contributed by atoms with E-state index in [9.17, 15) is 8.42 Å². The van der Waals surface area contributed by atoms with Gasteiger partial charge in [0.15, 0.2) is 0 Å². The molecule has 0 aliphatic rings. The molecule has 92 valence electrons. The van der Waals surface area contributed by atoms with Crippen LogP contribution in [0.1, 0.15) is 27.2 Å². The molecule has 0 fully saturated rings. The molecule has 3 N–H and O–H groups in total. The fourth-order valence-corrected chi connectivity index (χ4v) is 3.26. The Bertz CT molecular complexity index is 444. The average molecular weight is 262 g/mol. The molecule has 0 aliphatic heterocycles. The summed E-state index contributed by atoms with van der Waals surface area (Å²) in [7, 11) is -3.37. The lowest BCUT2D eigenvalue weighted by Gasteiger charge is -2.17. The van der Waals surface area contributed by atoms with Crippen LogP contribution in [-0.4, -0.2) is 15.0 Å². The zero-order valence-corrected chi connectivity index (χ0v) is 11.4. The highest BCUT2D eigenvalue weighted by Gasteiger charge is 2.17. The monoisotopic (exact) mass is 262 g/mol. The first-order valence-corrected chi connectivity index (χ1v) is 7.41. The molecule has 6 heteroatoms. The van der Waals surface area contributed by atoms with Gasteiger partial charge in [-0.05, 0) is 17.9 Å². The van der Waals surface area contributed by atoms with Gasteiger partial charge in [0.2, 0.25) is 10.0 Å². The lowest BCUT2D eigenvalue weighted by molar-refractivity contribution is 0.378. The highest BCUT2D eigenvalue weighted by molar-refractivity contribution is 7.91. The van der Waals surface area contributed by atoms with Crippen molar-refractivity contribution in [3.05, 3.63) is 11.4 Å². The summed E-state index contributed by atoms with van der Waals surface area (Å²) in [6.07, 6.45) is 0.799. The van der Waals surface area contributed by atoms with E-state index in [2.05, 4.69) is 25.5 Å². The van der Waals surface area contributed by atoms with Gasteiger partial charge in [0.1, 0.15) is 4.21 Å². The molecule has 1 aromatic heterocycles. The van der Waals surface area contributed by atoms with E-state index >= 15 is 0 Å². The highest BCUT2D eigenvalue weighted by Crippen LogP contribution is 2.22. The van der Waals surface area contributed by atoms with Crippen LogP contribution < -0.4 is 10.5 Å². The summed E-state index contributed by atoms with van der Waals surface area (Å²) < 4.78 is 26.4. The smallest absolute Gasteiger partial charge is 0.250 e. The Morgan fingerprint density at radius 1 is 1.44 bits per heavy atom. The molecule has 0 aliphatic carbocycles. The quantitative estimate of drug-likeness (QED) is 0.872. The third-order valence-corrected chi connectivity index (χ3v) is 4.95. The van der Waals surface area contributed by atoms with Crippen LogP contribution >= 0.6 is 11.3 Å². The summed E-state index contributed by atoms with van der Waals surface area (Å²) >= 11 is 1.14. The standard InChI is InChI=1S/C10H18N2O2S2/c1-10(2,3)4-5-12-16(13,14)9-6-8(11)7-15-9/h6-7,12H,4-5,11H2,1-3H3. The van der Waals surface area contributed by atoms with E-state index in [1.54, 1.807) is 5.38 Å². The Morgan fingerprint density at radius 3 is 2.50 bits per heavy atom. The molecule has 1 aromatic rings. The van der Waals surface area contributed by atoms with Crippen LogP contribution in [0.15, 0.2) is 15.7 Å². The summed E-state index contributed by atoms with van der Waals surface area (Å²) in [6.45, 7) is 6.67. The third-order valence-electron chi connectivity index (χ3n) is 2.03. The molecule has 0 saturated heterocycles. The second-order valence-corrected chi connectivity index (χ2v) is 7.81. The molecule has 0 radical (unpaired) electrons. The van der Waals surface area contributed by atoms with Crippen molar-refractivity contribution in [2.75, 3.05) is 12.3 Å². The summed E-state index contributed by atoms with van der Waals surface area (Å²) in [5.74, 6) is 0. The van der Waals surface area contributed by atoms with Gasteiger partial charge in [-0.3, -0.25) is 0 Å². The number of nitrogens with two attached hydrogens (primary N) is 1. The maximum atomic E-state index is 11.8. The van der Waals surface area contributed by atoms with Crippen LogP contribution in [0.5, 0.6) is 0 Å². The number of sulfonamides is 1. The molecule has 16 heavy (non-hydrogen) atoms. The minimum Gasteiger partial charge on any atom is -0.398 e. The largest absolute Gasteiger partial charge is 0.398 e. The van der Waals surface area contributed by atoms with Crippen LogP contribution in [0.4, 0.5) is 5.69 Å². The van der Waals surface area contributed by atoms with Crippen molar-refractivity contribution in [3.63, 3.8) is 0 Å². The summed E-state index contributed by atoms with van der Waals surface area (Å²) in [6, 6.07) is 1.48. The Labute approximate surface area is 101 Å². The van der Waals surface area contributed by atoms with E-state index in [0.29, 0.717) is 12.2 Å². The first-order valence-electron chi connectivity index (χ1n) is 5.04. The van der Waals surface area contributed by atoms with Gasteiger partial charge in [0.25, 0.3) is 0 Å². The molecule has 0 atom stereocenters. The van der Waals surface area contributed by atoms with Crippen LogP contribution in [0.25, 0.3) is 0 Å². The van der Waals surface area contributed by atoms with Gasteiger partial charge in [-0.2, -0.15) is 0 Å². The van der Waals surface area contributed by atoms with Crippen molar-refractivity contribution < 1.29 is 8.42 Å². The number of hydrogen-bond donors (Lipinski definition) is 2. The molecule has 0 spiro atoms. The fraction of sp³-hybridized carbons (Fsp3) is 0.600. The zero-order chi connectivity index (χ0) is 12.4. The number of nitrogens with one attached hydrogen (secondary N) is 1. The predicted octanol–water partition coefficient (Wildman–Crippen LogP) is 2.04. The van der Waals surface area contributed by atoms with Gasteiger partial charge in [-0.25, -0.2) is 13.1 Å². The minimum absolute atomic E-state index is 0.122. The Hall–Kier alpha value is -0.590. The number of hydrogen-bond acceptors (Lipinski definition) is 4. The molecular formula is C10H18N2O2S2. The van der Waals surface area contributed by atoms with Crippen LogP contribution in [0.3, 0.4) is 0 Å². The van der Waals surface area contributed by atoms with Crippen molar-refractivity contribution in [1.82, 2.24) is 4.72 Å². The van der Waals surface area contributed by atoms with Crippen LogP contribution in [0.2, 0.25) is 0 Å². The topological polar surface area (TPSA) is 72.2 Å². The van der Waals surface area contributed by atoms with E-state index < -0.39 is 10.0 Å². The second kappa shape index (κ2) is 4.73. The van der Waals surface area contributed by atoms with Crippen molar-refractivity contribution in [3.8, 4) is 0 Å². The van der Waals surface area contributed by atoms with Crippen molar-refractivity contribution in [2.24, 2.45) is 5.41 Å². The van der Waals surface area contributed by atoms with E-state index in [4.69, 9.17) is 5.73 Å². The van der Waals surface area contributed by atoms with Crippen LogP contribution in [-0.2, 0) is 10.0 Å². The molecule has 0 amide bonds. The van der Waals surface area contributed by atoms with Gasteiger partial charge >= 0.3 is 0 Å². The first-order chi connectivity index (χ1) is 7.21. The lowest BCUT2D eigenvalue weighted by Crippen LogP contribution is -2.26. The van der Waals surface area contributed by atoms with Gasteiger partial charge in [0, 0.05) is 17.6 Å². The first kappa shape index (κ1) is 13.5. The Balaban J connectivity index is 2.60. The number of rotatable bonds is 4. The maximum Gasteiger partial charge on any atom is 0.250 e. The van der Waals surface area contributed by atoms with Crippen LogP contribution in [0, 0.1) is 5.41 Å². The summed E-state index contributed by atoms with van der Waals surface area (Å²) in [4.78, 5) is 0. The highest BCUT2D eigenvalue weighted by atomic mass is 32.2.